The van der Waals surface area contributed by atoms with Gasteiger partial charge in [-0.2, -0.15) is 0 Å². The van der Waals surface area contributed by atoms with Gasteiger partial charge in [0.15, 0.2) is 5.43 Å². The fraction of sp³-hybridized carbons (Fsp3) is 0.364. The van der Waals surface area contributed by atoms with E-state index in [4.69, 9.17) is 9.15 Å². The Morgan fingerprint density at radius 2 is 1.85 bits per heavy atom. The van der Waals surface area contributed by atoms with Gasteiger partial charge >= 0.3 is 0 Å². The quantitative estimate of drug-likeness (QED) is 0.679. The number of fused-ring (bicyclic) bond motifs is 1. The van der Waals surface area contributed by atoms with E-state index in [0.717, 1.165) is 30.0 Å². The Kier molecular flexibility index (Phi) is 4.94. The molecule has 0 amide bonds. The number of likely N-dealkylation sites (tertiary alicyclic amines) is 1. The predicted molar refractivity (Wildman–Crippen MR) is 105 cm³/mol. The van der Waals surface area contributed by atoms with Crippen LogP contribution in [0.4, 0.5) is 0 Å². The van der Waals surface area contributed by atoms with Gasteiger partial charge in [-0.25, -0.2) is 4.98 Å². The highest BCUT2D eigenvalue weighted by Gasteiger charge is 2.18. The third kappa shape index (κ3) is 3.88. The van der Waals surface area contributed by atoms with Gasteiger partial charge in [-0.05, 0) is 76.2 Å². The molecule has 5 heteroatoms. The predicted octanol–water partition coefficient (Wildman–Crippen LogP) is 4.19. The maximum atomic E-state index is 12.8. The van der Waals surface area contributed by atoms with E-state index in [2.05, 4.69) is 9.88 Å². The van der Waals surface area contributed by atoms with Crippen molar-refractivity contribution < 1.29 is 9.15 Å². The second kappa shape index (κ2) is 7.53. The summed E-state index contributed by atoms with van der Waals surface area (Å²) in [4.78, 5) is 19.5. The van der Waals surface area contributed by atoms with Crippen LogP contribution in [-0.4, -0.2) is 29.1 Å². The standard InChI is InChI=1S/C22H24N2O3/c1-15(2)26-18-7-5-16(6-8-18)20-10-9-19-21(25)17(13-23-22(19)27-20)14-24-11-3-4-12-24/h5-10,13,15H,3-4,11-12,14H2,1-2H3. The van der Waals surface area contributed by atoms with Crippen molar-refractivity contribution in [1.82, 2.24) is 9.88 Å². The van der Waals surface area contributed by atoms with E-state index in [1.54, 1.807) is 6.20 Å². The maximum Gasteiger partial charge on any atom is 0.230 e. The SMILES string of the molecule is CC(C)Oc1ccc(-c2ccc3c(=O)c(CN4CCCC4)cnc-3o2)cc1. The molecule has 1 aromatic rings. The third-order valence-corrected chi connectivity index (χ3v) is 4.82. The molecule has 0 aliphatic carbocycles. The highest BCUT2D eigenvalue weighted by Crippen LogP contribution is 2.27. The van der Waals surface area contributed by atoms with E-state index in [-0.39, 0.29) is 11.5 Å². The molecular weight excluding hydrogens is 340 g/mol. The fourth-order valence-corrected chi connectivity index (χ4v) is 3.48. The first kappa shape index (κ1) is 17.7. The van der Waals surface area contributed by atoms with Crippen LogP contribution in [0, 0.1) is 0 Å². The molecule has 1 saturated heterocycles. The molecule has 27 heavy (non-hydrogen) atoms. The van der Waals surface area contributed by atoms with Gasteiger partial charge in [-0.1, -0.05) is 0 Å². The van der Waals surface area contributed by atoms with Crippen molar-refractivity contribution in [3.63, 3.8) is 0 Å². The van der Waals surface area contributed by atoms with Gasteiger partial charge in [-0.15, -0.1) is 0 Å². The molecule has 4 rings (SSSR count). The zero-order valence-corrected chi connectivity index (χ0v) is 15.8. The molecule has 1 aromatic carbocycles. The number of benzene rings is 1. The minimum atomic E-state index is 0.0166. The maximum absolute atomic E-state index is 12.8. The first-order valence-electron chi connectivity index (χ1n) is 9.51. The minimum absolute atomic E-state index is 0.0166. The number of aromatic nitrogens is 1. The zero-order valence-electron chi connectivity index (χ0n) is 15.8. The van der Waals surface area contributed by atoms with Gasteiger partial charge in [0.2, 0.25) is 5.89 Å². The Labute approximate surface area is 158 Å². The van der Waals surface area contributed by atoms with Crippen molar-refractivity contribution in [1.29, 1.82) is 0 Å². The molecule has 1 fully saturated rings. The lowest BCUT2D eigenvalue weighted by Gasteiger charge is -2.15. The topological polar surface area (TPSA) is 55.6 Å². The molecule has 0 aromatic heterocycles. The third-order valence-electron chi connectivity index (χ3n) is 4.82. The summed E-state index contributed by atoms with van der Waals surface area (Å²) in [5, 5.41) is 0. The van der Waals surface area contributed by atoms with Crippen LogP contribution in [0.2, 0.25) is 0 Å². The Morgan fingerprint density at radius 3 is 2.56 bits per heavy atom. The van der Waals surface area contributed by atoms with Gasteiger partial charge in [0.25, 0.3) is 0 Å². The van der Waals surface area contributed by atoms with Crippen molar-refractivity contribution in [2.24, 2.45) is 0 Å². The number of nitrogens with zero attached hydrogens (tertiary/aromatic N) is 2. The van der Waals surface area contributed by atoms with E-state index in [0.29, 0.717) is 23.8 Å². The zero-order chi connectivity index (χ0) is 18.8. The number of hydrogen-bond acceptors (Lipinski definition) is 5. The van der Waals surface area contributed by atoms with Crippen LogP contribution in [0.1, 0.15) is 32.3 Å². The summed E-state index contributed by atoms with van der Waals surface area (Å²) in [6, 6.07) is 11.4. The van der Waals surface area contributed by atoms with Gasteiger partial charge in [0.1, 0.15) is 11.5 Å². The molecule has 3 aliphatic rings. The first-order valence-corrected chi connectivity index (χ1v) is 9.51. The highest BCUT2D eigenvalue weighted by molar-refractivity contribution is 5.64. The van der Waals surface area contributed by atoms with Crippen LogP contribution < -0.4 is 10.2 Å². The van der Waals surface area contributed by atoms with Crippen molar-refractivity contribution >= 4 is 0 Å². The highest BCUT2D eigenvalue weighted by atomic mass is 16.5. The average molecular weight is 364 g/mol. The first-order chi connectivity index (χ1) is 13.1. The van der Waals surface area contributed by atoms with Crippen LogP contribution in [0.15, 0.2) is 51.8 Å². The second-order valence-electron chi connectivity index (χ2n) is 7.31. The minimum Gasteiger partial charge on any atom is -0.491 e. The Bertz CT molecular complexity index is 941. The number of rotatable bonds is 5. The largest absolute Gasteiger partial charge is 0.491 e. The van der Waals surface area contributed by atoms with Crippen molar-refractivity contribution in [2.75, 3.05) is 13.1 Å². The molecule has 5 nitrogen and oxygen atoms in total. The van der Waals surface area contributed by atoms with E-state index in [1.807, 2.05) is 50.2 Å². The van der Waals surface area contributed by atoms with E-state index in [9.17, 15) is 4.79 Å². The van der Waals surface area contributed by atoms with Crippen LogP contribution in [0.5, 0.6) is 5.75 Å². The summed E-state index contributed by atoms with van der Waals surface area (Å²) < 4.78 is 11.6. The Morgan fingerprint density at radius 1 is 1.11 bits per heavy atom. The molecule has 0 N–H and O–H groups in total. The van der Waals surface area contributed by atoms with Gasteiger partial charge in [0.05, 0.1) is 11.7 Å². The van der Waals surface area contributed by atoms with Crippen molar-refractivity contribution in [2.45, 2.75) is 39.3 Å². The Balaban J connectivity index is 1.61. The lowest BCUT2D eigenvalue weighted by Crippen LogP contribution is -2.24. The monoisotopic (exact) mass is 364 g/mol. The summed E-state index contributed by atoms with van der Waals surface area (Å²) >= 11 is 0. The summed E-state index contributed by atoms with van der Waals surface area (Å²) in [5.41, 5.74) is 2.21. The molecule has 0 saturated carbocycles. The fourth-order valence-electron chi connectivity index (χ4n) is 3.48. The molecule has 3 aliphatic heterocycles. The molecule has 0 spiro atoms. The number of hydrogen-bond donors (Lipinski definition) is 0. The normalized spacial score (nSPS) is 14.9. The average Bonchev–Trinajstić information content (AvgIpc) is 3.17. The van der Waals surface area contributed by atoms with Crippen LogP contribution >= 0.6 is 0 Å². The molecule has 140 valence electrons. The molecule has 0 atom stereocenters. The van der Waals surface area contributed by atoms with Gasteiger partial charge in [0, 0.05) is 23.9 Å². The summed E-state index contributed by atoms with van der Waals surface area (Å²) in [5.74, 6) is 1.88. The van der Waals surface area contributed by atoms with Crippen LogP contribution in [-0.2, 0) is 6.54 Å². The lowest BCUT2D eigenvalue weighted by atomic mass is 10.1. The van der Waals surface area contributed by atoms with Crippen molar-refractivity contribution in [3.05, 3.63) is 58.4 Å². The smallest absolute Gasteiger partial charge is 0.230 e. The second-order valence-corrected chi connectivity index (χ2v) is 7.31. The molecule has 0 bridgehead atoms. The summed E-state index contributed by atoms with van der Waals surface area (Å²) in [6.45, 7) is 6.77. The van der Waals surface area contributed by atoms with E-state index in [1.165, 1.54) is 12.8 Å². The van der Waals surface area contributed by atoms with E-state index >= 15 is 0 Å². The number of pyridine rings is 1. The summed E-state index contributed by atoms with van der Waals surface area (Å²) in [7, 11) is 0. The molecular formula is C22H24N2O3. The van der Waals surface area contributed by atoms with Gasteiger partial charge < -0.3 is 9.15 Å². The van der Waals surface area contributed by atoms with Crippen LogP contribution in [0.25, 0.3) is 22.8 Å². The van der Waals surface area contributed by atoms with Crippen molar-refractivity contribution in [3.8, 4) is 28.5 Å². The molecule has 0 radical (unpaired) electrons. The van der Waals surface area contributed by atoms with Gasteiger partial charge in [-0.3, -0.25) is 9.69 Å². The van der Waals surface area contributed by atoms with Crippen LogP contribution in [0.3, 0.4) is 0 Å². The molecule has 3 heterocycles. The number of ether oxygens (including phenoxy) is 1. The lowest BCUT2D eigenvalue weighted by molar-refractivity contribution is 0.242. The molecule has 0 unspecified atom stereocenters. The van der Waals surface area contributed by atoms with E-state index < -0.39 is 0 Å². The Hall–Kier alpha value is -2.66. The summed E-state index contributed by atoms with van der Waals surface area (Å²) in [6.07, 6.45) is 4.20.